The van der Waals surface area contributed by atoms with E-state index in [1.165, 1.54) is 360 Å². The molecule has 0 aromatic rings. The average molecular weight is 1120 g/mol. The van der Waals surface area contributed by atoms with Gasteiger partial charge in [-0.25, -0.2) is 0 Å². The van der Waals surface area contributed by atoms with E-state index in [0.717, 1.165) is 38.5 Å². The van der Waals surface area contributed by atoms with Crippen molar-refractivity contribution in [3.05, 3.63) is 0 Å². The van der Waals surface area contributed by atoms with E-state index in [2.05, 4.69) is 19.2 Å². The highest BCUT2D eigenvalue weighted by molar-refractivity contribution is 5.76. The number of carbonyl (C=O) groups is 2. The molecule has 0 spiro atoms. The Labute approximate surface area is 496 Å². The first-order chi connectivity index (χ1) is 39.0. The Bertz CT molecular complexity index is 1150. The number of aliphatic hydroxyl groups excluding tert-OH is 2. The highest BCUT2D eigenvalue weighted by Gasteiger charge is 2.20. The maximum atomic E-state index is 12.5. The second-order valence-electron chi connectivity index (χ2n) is 25.6. The molecule has 3 N–H and O–H groups in total. The Kier molecular flexibility index (Phi) is 68.4. The van der Waals surface area contributed by atoms with Crippen molar-refractivity contribution in [3.63, 3.8) is 0 Å². The lowest BCUT2D eigenvalue weighted by atomic mass is 10.0. The topological polar surface area (TPSA) is 95.9 Å². The van der Waals surface area contributed by atoms with Crippen molar-refractivity contribution in [2.75, 3.05) is 13.2 Å². The summed E-state index contributed by atoms with van der Waals surface area (Å²) < 4.78 is 5.49. The first-order valence-corrected chi connectivity index (χ1v) is 36.8. The Morgan fingerprint density at radius 1 is 0.304 bits per heavy atom. The number of aliphatic hydroxyl groups is 2. The predicted octanol–water partition coefficient (Wildman–Crippen LogP) is 23.8. The van der Waals surface area contributed by atoms with Crippen LogP contribution in [0.4, 0.5) is 0 Å². The molecule has 0 rings (SSSR count). The molecule has 0 aliphatic carbocycles. The lowest BCUT2D eigenvalue weighted by Crippen LogP contribution is -2.45. The van der Waals surface area contributed by atoms with Crippen molar-refractivity contribution < 1.29 is 24.5 Å². The Morgan fingerprint density at radius 3 is 0.772 bits per heavy atom. The molecule has 6 nitrogen and oxygen atoms in total. The molecule has 0 aromatic heterocycles. The summed E-state index contributed by atoms with van der Waals surface area (Å²) in [4.78, 5) is 24.6. The van der Waals surface area contributed by atoms with Gasteiger partial charge < -0.3 is 20.3 Å². The molecule has 1 amide bonds. The van der Waals surface area contributed by atoms with Gasteiger partial charge in [-0.15, -0.1) is 0 Å². The maximum absolute atomic E-state index is 12.5. The molecule has 0 aliphatic heterocycles. The Balaban J connectivity index is 3.31. The van der Waals surface area contributed by atoms with Crippen LogP contribution in [0.2, 0.25) is 0 Å². The van der Waals surface area contributed by atoms with Crippen LogP contribution in [0.1, 0.15) is 431 Å². The van der Waals surface area contributed by atoms with Crippen molar-refractivity contribution in [2.24, 2.45) is 0 Å². The number of esters is 1. The van der Waals surface area contributed by atoms with Crippen LogP contribution in [0.15, 0.2) is 0 Å². The van der Waals surface area contributed by atoms with E-state index in [1.54, 1.807) is 0 Å². The second kappa shape index (κ2) is 69.4. The molecule has 2 atom stereocenters. The standard InChI is InChI=1S/C73H145NO5/c1-3-5-7-9-11-13-15-17-18-19-35-38-42-45-49-53-57-61-65-71(76)70(69-75)74-72(77)66-62-58-54-50-46-43-39-36-33-31-29-27-25-23-21-20-22-24-26-28-30-32-34-37-40-44-48-52-56-60-64-68-79-73(78)67-63-59-55-51-47-41-16-14-12-10-8-6-4-2/h70-71,75-76H,3-69H2,1-2H3,(H,74,77). The smallest absolute Gasteiger partial charge is 0.305 e. The summed E-state index contributed by atoms with van der Waals surface area (Å²) in [5, 5.41) is 23.4. The number of rotatable bonds is 70. The average Bonchev–Trinajstić information content (AvgIpc) is 3.45. The molecule has 0 radical (unpaired) electrons. The molecule has 0 fully saturated rings. The number of nitrogens with one attached hydrogen (secondary N) is 1. The van der Waals surface area contributed by atoms with Gasteiger partial charge in [0.2, 0.25) is 5.91 Å². The van der Waals surface area contributed by atoms with Gasteiger partial charge in [-0.1, -0.05) is 393 Å². The Hall–Kier alpha value is -1.14. The molecule has 0 aliphatic rings. The van der Waals surface area contributed by atoms with Crippen molar-refractivity contribution in [2.45, 2.75) is 443 Å². The van der Waals surface area contributed by atoms with E-state index < -0.39 is 12.1 Å². The van der Waals surface area contributed by atoms with E-state index in [0.29, 0.717) is 25.9 Å². The number of carbonyl (C=O) groups excluding carboxylic acids is 2. The number of hydrogen-bond acceptors (Lipinski definition) is 5. The summed E-state index contributed by atoms with van der Waals surface area (Å²) in [5.74, 6) is -0.00228. The lowest BCUT2D eigenvalue weighted by molar-refractivity contribution is -0.143. The van der Waals surface area contributed by atoms with Gasteiger partial charge in [-0.3, -0.25) is 9.59 Å². The molecule has 0 saturated carbocycles. The molecule has 0 aromatic carbocycles. The van der Waals surface area contributed by atoms with Crippen LogP contribution >= 0.6 is 0 Å². The van der Waals surface area contributed by atoms with Gasteiger partial charge in [0.1, 0.15) is 0 Å². The van der Waals surface area contributed by atoms with Crippen molar-refractivity contribution in [3.8, 4) is 0 Å². The minimum absolute atomic E-state index is 0.0235. The monoisotopic (exact) mass is 1120 g/mol. The van der Waals surface area contributed by atoms with Crippen LogP contribution in [-0.2, 0) is 14.3 Å². The van der Waals surface area contributed by atoms with Crippen molar-refractivity contribution >= 4 is 11.9 Å². The van der Waals surface area contributed by atoms with Gasteiger partial charge >= 0.3 is 5.97 Å². The van der Waals surface area contributed by atoms with Crippen LogP contribution in [0, 0.1) is 0 Å². The summed E-state index contributed by atoms with van der Waals surface area (Å²) in [6.45, 7) is 5.01. The molecule has 79 heavy (non-hydrogen) atoms. The Morgan fingerprint density at radius 2 is 0.519 bits per heavy atom. The summed E-state index contributed by atoms with van der Waals surface area (Å²) in [6.07, 6.45) is 84.6. The zero-order chi connectivity index (χ0) is 57.1. The first-order valence-electron chi connectivity index (χ1n) is 36.8. The van der Waals surface area contributed by atoms with E-state index in [9.17, 15) is 19.8 Å². The fourth-order valence-electron chi connectivity index (χ4n) is 12.1. The second-order valence-corrected chi connectivity index (χ2v) is 25.6. The summed E-state index contributed by atoms with van der Waals surface area (Å²) >= 11 is 0. The van der Waals surface area contributed by atoms with E-state index in [1.807, 2.05) is 0 Å². The summed E-state index contributed by atoms with van der Waals surface area (Å²) in [5.41, 5.74) is 0. The van der Waals surface area contributed by atoms with Crippen molar-refractivity contribution in [1.29, 1.82) is 0 Å². The van der Waals surface area contributed by atoms with Gasteiger partial charge in [-0.05, 0) is 25.7 Å². The molecule has 0 saturated heterocycles. The van der Waals surface area contributed by atoms with Crippen LogP contribution in [0.25, 0.3) is 0 Å². The van der Waals surface area contributed by atoms with Crippen LogP contribution < -0.4 is 5.32 Å². The maximum Gasteiger partial charge on any atom is 0.305 e. The van der Waals surface area contributed by atoms with Gasteiger partial charge in [0, 0.05) is 12.8 Å². The van der Waals surface area contributed by atoms with Gasteiger partial charge in [-0.2, -0.15) is 0 Å². The predicted molar refractivity (Wildman–Crippen MR) is 347 cm³/mol. The molecule has 472 valence electrons. The highest BCUT2D eigenvalue weighted by Crippen LogP contribution is 2.20. The largest absolute Gasteiger partial charge is 0.466 e. The quantitative estimate of drug-likeness (QED) is 0.0417. The number of ether oxygens (including phenoxy) is 1. The first kappa shape index (κ1) is 77.9. The number of unbranched alkanes of at least 4 members (excludes halogenated alkanes) is 59. The number of amides is 1. The van der Waals surface area contributed by atoms with Crippen molar-refractivity contribution in [1.82, 2.24) is 5.32 Å². The van der Waals surface area contributed by atoms with Crippen LogP contribution in [-0.4, -0.2) is 47.4 Å². The minimum Gasteiger partial charge on any atom is -0.466 e. The third-order valence-electron chi connectivity index (χ3n) is 17.7. The third-order valence-corrected chi connectivity index (χ3v) is 17.7. The van der Waals surface area contributed by atoms with Crippen LogP contribution in [0.5, 0.6) is 0 Å². The molecular formula is C73H145NO5. The fraction of sp³-hybridized carbons (Fsp3) is 0.973. The van der Waals surface area contributed by atoms with Gasteiger partial charge in [0.15, 0.2) is 0 Å². The molecule has 6 heteroatoms. The summed E-state index contributed by atoms with van der Waals surface area (Å²) in [6, 6.07) is -0.537. The zero-order valence-electron chi connectivity index (χ0n) is 54.2. The summed E-state index contributed by atoms with van der Waals surface area (Å²) in [7, 11) is 0. The van der Waals surface area contributed by atoms with E-state index in [-0.39, 0.29) is 18.5 Å². The molecule has 0 bridgehead atoms. The molecule has 0 heterocycles. The fourth-order valence-corrected chi connectivity index (χ4v) is 12.1. The zero-order valence-corrected chi connectivity index (χ0v) is 54.2. The minimum atomic E-state index is -0.661. The van der Waals surface area contributed by atoms with E-state index >= 15 is 0 Å². The number of hydrogen-bond donors (Lipinski definition) is 3. The van der Waals surface area contributed by atoms with Crippen LogP contribution in [0.3, 0.4) is 0 Å². The normalized spacial score (nSPS) is 12.4. The highest BCUT2D eigenvalue weighted by atomic mass is 16.5. The third kappa shape index (κ3) is 65.9. The molecular weight excluding hydrogens is 971 g/mol. The lowest BCUT2D eigenvalue weighted by Gasteiger charge is -2.22. The van der Waals surface area contributed by atoms with Gasteiger partial charge in [0.25, 0.3) is 0 Å². The SMILES string of the molecule is CCCCCCCCCCCCCCCCCCCCC(O)C(CO)NC(=O)CCCCCCCCCCCCCCCCCCCCCCCCCCCCCCCCCOC(=O)CCCCCCCCCCCCCCC. The van der Waals surface area contributed by atoms with Gasteiger partial charge in [0.05, 0.1) is 25.4 Å². The molecule has 2 unspecified atom stereocenters. The van der Waals surface area contributed by atoms with E-state index in [4.69, 9.17) is 4.74 Å².